The number of rotatable bonds is 8. The lowest BCUT2D eigenvalue weighted by atomic mass is 10.2. The highest BCUT2D eigenvalue weighted by Gasteiger charge is 2.18. The highest BCUT2D eigenvalue weighted by atomic mass is 32.2. The summed E-state index contributed by atoms with van der Waals surface area (Å²) in [5, 5.41) is 18.1. The number of methoxy groups -OCH3 is 1. The normalized spacial score (nSPS) is 10.5. The summed E-state index contributed by atoms with van der Waals surface area (Å²) >= 11 is 1.33. The third-order valence-electron chi connectivity index (χ3n) is 4.58. The molecule has 0 N–H and O–H groups in total. The Balaban J connectivity index is 1.91. The van der Waals surface area contributed by atoms with Gasteiger partial charge in [0.1, 0.15) is 5.75 Å². The zero-order chi connectivity index (χ0) is 21.5. The van der Waals surface area contributed by atoms with E-state index in [2.05, 4.69) is 16.3 Å². The van der Waals surface area contributed by atoms with Crippen LogP contribution in [0.5, 0.6) is 5.75 Å². The van der Waals surface area contributed by atoms with E-state index in [-0.39, 0.29) is 11.7 Å². The summed E-state index contributed by atoms with van der Waals surface area (Å²) in [5.74, 6) is 1.61. The van der Waals surface area contributed by atoms with Gasteiger partial charge in [0, 0.05) is 24.8 Å². The first kappa shape index (κ1) is 21.4. The van der Waals surface area contributed by atoms with Gasteiger partial charge in [0.05, 0.1) is 25.4 Å². The minimum absolute atomic E-state index is 0.0558. The lowest BCUT2D eigenvalue weighted by molar-refractivity contribution is -0.127. The molecule has 0 saturated carbocycles. The van der Waals surface area contributed by atoms with Crippen LogP contribution in [0.4, 0.5) is 0 Å². The molecule has 7 nitrogen and oxygen atoms in total. The van der Waals surface area contributed by atoms with Gasteiger partial charge in [0.2, 0.25) is 5.91 Å². The number of ether oxygens (including phenoxy) is 1. The average Bonchev–Trinajstić information content (AvgIpc) is 3.20. The van der Waals surface area contributed by atoms with Crippen molar-refractivity contribution in [2.75, 3.05) is 26.5 Å². The third kappa shape index (κ3) is 4.99. The number of hydrogen-bond donors (Lipinski definition) is 0. The van der Waals surface area contributed by atoms with Gasteiger partial charge < -0.3 is 9.64 Å². The summed E-state index contributed by atoms with van der Waals surface area (Å²) in [6, 6.07) is 17.8. The van der Waals surface area contributed by atoms with Crippen LogP contribution >= 0.6 is 11.8 Å². The van der Waals surface area contributed by atoms with Crippen LogP contribution in [0.3, 0.4) is 0 Å². The fraction of sp³-hybridized carbons (Fsp3) is 0.273. The molecular formula is C22H23N5O2S. The molecule has 0 aliphatic carbocycles. The van der Waals surface area contributed by atoms with E-state index < -0.39 is 0 Å². The maximum absolute atomic E-state index is 12.4. The van der Waals surface area contributed by atoms with Gasteiger partial charge >= 0.3 is 0 Å². The second-order valence-corrected chi connectivity index (χ2v) is 7.66. The summed E-state index contributed by atoms with van der Waals surface area (Å²) < 4.78 is 7.20. The van der Waals surface area contributed by atoms with Crippen LogP contribution in [0, 0.1) is 18.3 Å². The Morgan fingerprint density at radius 1 is 1.17 bits per heavy atom. The Hall–Kier alpha value is -3.31. The minimum atomic E-state index is -0.0558. The van der Waals surface area contributed by atoms with Crippen molar-refractivity contribution >= 4 is 17.7 Å². The topological polar surface area (TPSA) is 84.0 Å². The molecule has 0 spiro atoms. The largest absolute Gasteiger partial charge is 0.497 e. The predicted octanol–water partition coefficient (Wildman–Crippen LogP) is 3.72. The number of carbonyl (C=O) groups excluding carboxylic acids is 1. The zero-order valence-electron chi connectivity index (χ0n) is 17.2. The van der Waals surface area contributed by atoms with Crippen LogP contribution in [0.1, 0.15) is 12.0 Å². The van der Waals surface area contributed by atoms with Crippen molar-refractivity contribution in [3.63, 3.8) is 0 Å². The molecule has 0 bridgehead atoms. The van der Waals surface area contributed by atoms with Crippen molar-refractivity contribution in [2.24, 2.45) is 0 Å². The Morgan fingerprint density at radius 3 is 2.50 bits per heavy atom. The predicted molar refractivity (Wildman–Crippen MR) is 117 cm³/mol. The molecule has 1 aromatic heterocycles. The molecule has 154 valence electrons. The Kier molecular flexibility index (Phi) is 7.09. The van der Waals surface area contributed by atoms with Gasteiger partial charge in [-0.25, -0.2) is 0 Å². The lowest BCUT2D eigenvalue weighted by Crippen LogP contribution is -2.29. The van der Waals surface area contributed by atoms with Crippen molar-refractivity contribution in [1.82, 2.24) is 19.7 Å². The number of thioether (sulfide) groups is 1. The van der Waals surface area contributed by atoms with Crippen molar-refractivity contribution in [2.45, 2.75) is 18.5 Å². The van der Waals surface area contributed by atoms with E-state index in [0.29, 0.717) is 23.9 Å². The molecule has 3 rings (SSSR count). The molecule has 0 unspecified atom stereocenters. The molecule has 1 amide bonds. The molecule has 2 aromatic carbocycles. The van der Waals surface area contributed by atoms with Gasteiger partial charge in [-0.15, -0.1) is 10.2 Å². The summed E-state index contributed by atoms with van der Waals surface area (Å²) in [5.41, 5.74) is 2.97. The minimum Gasteiger partial charge on any atom is -0.497 e. The average molecular weight is 422 g/mol. The molecule has 0 aliphatic rings. The van der Waals surface area contributed by atoms with Gasteiger partial charge in [-0.2, -0.15) is 5.26 Å². The van der Waals surface area contributed by atoms with Crippen molar-refractivity contribution in [1.29, 1.82) is 5.26 Å². The molecule has 0 atom stereocenters. The number of carbonyl (C=O) groups is 1. The smallest absolute Gasteiger partial charge is 0.232 e. The third-order valence-corrected chi connectivity index (χ3v) is 5.50. The molecule has 0 saturated heterocycles. The highest BCUT2D eigenvalue weighted by molar-refractivity contribution is 7.99. The Morgan fingerprint density at radius 2 is 1.87 bits per heavy atom. The monoisotopic (exact) mass is 421 g/mol. The fourth-order valence-corrected chi connectivity index (χ4v) is 3.69. The van der Waals surface area contributed by atoms with E-state index in [0.717, 1.165) is 22.6 Å². The molecule has 0 aliphatic heterocycles. The number of amides is 1. The quantitative estimate of drug-likeness (QED) is 0.516. The van der Waals surface area contributed by atoms with Gasteiger partial charge in [0.15, 0.2) is 11.0 Å². The maximum Gasteiger partial charge on any atom is 0.232 e. The molecule has 30 heavy (non-hydrogen) atoms. The standard InChI is InChI=1S/C22H23N5O2S/c1-16-5-9-18(10-6-16)27-21(17-7-11-19(29-3)12-8-17)24-25-22(27)30-15-20(28)26(2)14-4-13-23/h5-12H,4,14-15H2,1-3H3. The molecule has 1 heterocycles. The van der Waals surface area contributed by atoms with Gasteiger partial charge in [-0.3, -0.25) is 9.36 Å². The number of nitriles is 1. The van der Waals surface area contributed by atoms with Crippen LogP contribution in [-0.2, 0) is 4.79 Å². The number of nitrogens with zero attached hydrogens (tertiary/aromatic N) is 5. The summed E-state index contributed by atoms with van der Waals surface area (Å²) in [6.07, 6.45) is 0.314. The fourth-order valence-electron chi connectivity index (χ4n) is 2.80. The van der Waals surface area contributed by atoms with Crippen LogP contribution in [0.25, 0.3) is 17.1 Å². The first-order valence-electron chi connectivity index (χ1n) is 9.44. The van der Waals surface area contributed by atoms with Gasteiger partial charge in [-0.1, -0.05) is 29.5 Å². The molecule has 0 radical (unpaired) electrons. The van der Waals surface area contributed by atoms with Crippen molar-refractivity contribution in [3.05, 3.63) is 54.1 Å². The summed E-state index contributed by atoms with van der Waals surface area (Å²) in [6.45, 7) is 2.45. The number of benzene rings is 2. The summed E-state index contributed by atoms with van der Waals surface area (Å²) in [7, 11) is 3.33. The first-order valence-corrected chi connectivity index (χ1v) is 10.4. The summed E-state index contributed by atoms with van der Waals surface area (Å²) in [4.78, 5) is 13.9. The Labute approximate surface area is 180 Å². The van der Waals surface area contributed by atoms with E-state index in [4.69, 9.17) is 10.00 Å². The van der Waals surface area contributed by atoms with Gasteiger partial charge in [0.25, 0.3) is 0 Å². The van der Waals surface area contributed by atoms with E-state index >= 15 is 0 Å². The SMILES string of the molecule is COc1ccc(-c2nnc(SCC(=O)N(C)CCC#N)n2-c2ccc(C)cc2)cc1. The van der Waals surface area contributed by atoms with E-state index in [1.807, 2.05) is 60.0 Å². The maximum atomic E-state index is 12.4. The number of hydrogen-bond acceptors (Lipinski definition) is 6. The number of aromatic nitrogens is 3. The first-order chi connectivity index (χ1) is 14.5. The van der Waals surface area contributed by atoms with Crippen molar-refractivity contribution in [3.8, 4) is 28.9 Å². The second kappa shape index (κ2) is 9.94. The molecular weight excluding hydrogens is 398 g/mol. The Bertz CT molecular complexity index is 1040. The molecule has 3 aromatic rings. The van der Waals surface area contributed by atoms with Crippen LogP contribution in [-0.4, -0.2) is 52.0 Å². The van der Waals surface area contributed by atoms with E-state index in [1.165, 1.54) is 11.8 Å². The second-order valence-electron chi connectivity index (χ2n) is 6.72. The van der Waals surface area contributed by atoms with E-state index in [9.17, 15) is 4.79 Å². The highest BCUT2D eigenvalue weighted by Crippen LogP contribution is 2.29. The lowest BCUT2D eigenvalue weighted by Gasteiger charge is -2.15. The van der Waals surface area contributed by atoms with E-state index in [1.54, 1.807) is 19.1 Å². The zero-order valence-corrected chi connectivity index (χ0v) is 18.0. The van der Waals surface area contributed by atoms with Crippen LogP contribution < -0.4 is 4.74 Å². The van der Waals surface area contributed by atoms with Crippen molar-refractivity contribution < 1.29 is 9.53 Å². The molecule has 8 heteroatoms. The van der Waals surface area contributed by atoms with Crippen LogP contribution in [0.15, 0.2) is 53.7 Å². The number of aryl methyl sites for hydroxylation is 1. The van der Waals surface area contributed by atoms with Crippen LogP contribution in [0.2, 0.25) is 0 Å². The molecule has 0 fully saturated rings. The van der Waals surface area contributed by atoms with Gasteiger partial charge in [-0.05, 0) is 43.3 Å².